The number of aliphatic hydroxyl groups is 1. The zero-order valence-corrected chi connectivity index (χ0v) is 14.7. The van der Waals surface area contributed by atoms with Crippen molar-refractivity contribution < 1.29 is 9.63 Å². The molecule has 0 atom stereocenters. The van der Waals surface area contributed by atoms with E-state index in [-0.39, 0.29) is 30.6 Å². The van der Waals surface area contributed by atoms with Gasteiger partial charge in [0.2, 0.25) is 0 Å². The zero-order valence-electron chi connectivity index (χ0n) is 12.4. The molecule has 0 amide bonds. The summed E-state index contributed by atoms with van der Waals surface area (Å²) in [6.45, 7) is 7.99. The van der Waals surface area contributed by atoms with E-state index in [1.54, 1.807) is 0 Å². The molecule has 1 aromatic heterocycles. The van der Waals surface area contributed by atoms with E-state index >= 15 is 0 Å². The number of aryl methyl sites for hydroxylation is 2. The Balaban J connectivity index is 0.00000361. The molecule has 0 fully saturated rings. The molecule has 0 bridgehead atoms. The van der Waals surface area contributed by atoms with Gasteiger partial charge in [0.05, 0.1) is 18.8 Å². The molecule has 0 aromatic carbocycles. The van der Waals surface area contributed by atoms with Gasteiger partial charge >= 0.3 is 0 Å². The number of nitrogens with zero attached hydrogens (tertiary/aromatic N) is 2. The molecule has 3 N–H and O–H groups in total. The van der Waals surface area contributed by atoms with Crippen molar-refractivity contribution in [3.8, 4) is 0 Å². The highest BCUT2D eigenvalue weighted by Crippen LogP contribution is 2.16. The zero-order chi connectivity index (χ0) is 14.1. The molecular formula is C13H25IN4O2. The van der Waals surface area contributed by atoms with Crippen LogP contribution in [0.4, 0.5) is 0 Å². The van der Waals surface area contributed by atoms with Crippen LogP contribution in [0.15, 0.2) is 9.52 Å². The highest BCUT2D eigenvalue weighted by atomic mass is 127. The number of aliphatic imine (C=N–C) groups is 1. The lowest BCUT2D eigenvalue weighted by molar-refractivity contribution is 0.300. The lowest BCUT2D eigenvalue weighted by Crippen LogP contribution is -2.38. The van der Waals surface area contributed by atoms with Gasteiger partial charge in [-0.1, -0.05) is 19.0 Å². The van der Waals surface area contributed by atoms with Gasteiger partial charge in [0, 0.05) is 25.1 Å². The van der Waals surface area contributed by atoms with Crippen LogP contribution in [0.25, 0.3) is 0 Å². The van der Waals surface area contributed by atoms with E-state index in [1.165, 1.54) is 0 Å². The van der Waals surface area contributed by atoms with Crippen molar-refractivity contribution in [3.05, 3.63) is 17.0 Å². The van der Waals surface area contributed by atoms with Crippen LogP contribution in [0.2, 0.25) is 0 Å². The number of rotatable bonds is 7. The quantitative estimate of drug-likeness (QED) is 0.369. The summed E-state index contributed by atoms with van der Waals surface area (Å²) in [6, 6.07) is 0. The third kappa shape index (κ3) is 5.66. The minimum Gasteiger partial charge on any atom is -0.395 e. The molecule has 1 rings (SSSR count). The molecule has 1 heterocycles. The second-order valence-electron chi connectivity index (χ2n) is 4.08. The normalized spacial score (nSPS) is 11.1. The Morgan fingerprint density at radius 2 is 2.00 bits per heavy atom. The van der Waals surface area contributed by atoms with Gasteiger partial charge in [-0.2, -0.15) is 0 Å². The van der Waals surface area contributed by atoms with Crippen LogP contribution in [-0.4, -0.2) is 35.9 Å². The van der Waals surface area contributed by atoms with E-state index in [4.69, 9.17) is 9.63 Å². The molecule has 1 aromatic rings. The van der Waals surface area contributed by atoms with Crippen LogP contribution in [-0.2, 0) is 19.4 Å². The van der Waals surface area contributed by atoms with Crippen molar-refractivity contribution in [2.24, 2.45) is 4.99 Å². The first kappa shape index (κ1) is 19.2. The Kier molecular flexibility index (Phi) is 10.4. The molecule has 0 spiro atoms. The molecule has 6 nitrogen and oxygen atoms in total. The lowest BCUT2D eigenvalue weighted by Gasteiger charge is -2.09. The average Bonchev–Trinajstić information content (AvgIpc) is 2.83. The largest absolute Gasteiger partial charge is 0.395 e. The van der Waals surface area contributed by atoms with E-state index in [0.29, 0.717) is 19.0 Å². The van der Waals surface area contributed by atoms with Gasteiger partial charge in [0.25, 0.3) is 0 Å². The maximum atomic E-state index is 8.83. The van der Waals surface area contributed by atoms with Gasteiger partial charge < -0.3 is 20.3 Å². The monoisotopic (exact) mass is 396 g/mol. The second kappa shape index (κ2) is 10.9. The van der Waals surface area contributed by atoms with Crippen LogP contribution in [0.3, 0.4) is 0 Å². The van der Waals surface area contributed by atoms with Crippen LogP contribution < -0.4 is 10.6 Å². The van der Waals surface area contributed by atoms with Crippen molar-refractivity contribution >= 4 is 29.9 Å². The van der Waals surface area contributed by atoms with Crippen molar-refractivity contribution in [1.82, 2.24) is 15.8 Å². The lowest BCUT2D eigenvalue weighted by atomic mass is 10.1. The minimum absolute atomic E-state index is 0. The Hall–Kier alpha value is -0.830. The third-order valence-electron chi connectivity index (χ3n) is 2.75. The Labute approximate surface area is 137 Å². The number of nitrogens with one attached hydrogen (secondary N) is 2. The molecule has 116 valence electrons. The van der Waals surface area contributed by atoms with Crippen molar-refractivity contribution in [2.45, 2.75) is 40.2 Å². The van der Waals surface area contributed by atoms with Gasteiger partial charge in [-0.05, 0) is 13.3 Å². The fourth-order valence-corrected chi connectivity index (χ4v) is 1.79. The standard InChI is InChI=1S/C13H24N4O2.HI/c1-4-11-10(12(5-2)19-17-11)9-16-13(14-6-3)15-7-8-18;/h18H,4-9H2,1-3H3,(H2,14,15,16);1H. The van der Waals surface area contributed by atoms with Crippen LogP contribution >= 0.6 is 24.0 Å². The molecule has 0 saturated carbocycles. The molecule has 20 heavy (non-hydrogen) atoms. The molecular weight excluding hydrogens is 371 g/mol. The molecule has 0 aliphatic rings. The summed E-state index contributed by atoms with van der Waals surface area (Å²) in [5.41, 5.74) is 2.05. The Bertz CT molecular complexity index is 386. The van der Waals surface area contributed by atoms with E-state index in [9.17, 15) is 0 Å². The number of aliphatic hydroxyl groups excluding tert-OH is 1. The fourth-order valence-electron chi connectivity index (χ4n) is 1.79. The molecule has 0 aliphatic heterocycles. The number of hydrogen-bond donors (Lipinski definition) is 3. The van der Waals surface area contributed by atoms with Gasteiger partial charge in [-0.25, -0.2) is 4.99 Å². The SMILES string of the molecule is CCNC(=NCc1c(CC)noc1CC)NCCO.I. The maximum Gasteiger partial charge on any atom is 0.191 e. The smallest absolute Gasteiger partial charge is 0.191 e. The third-order valence-corrected chi connectivity index (χ3v) is 2.75. The molecule has 0 unspecified atom stereocenters. The van der Waals surface area contributed by atoms with Crippen molar-refractivity contribution in [3.63, 3.8) is 0 Å². The number of hydrogen-bond acceptors (Lipinski definition) is 4. The summed E-state index contributed by atoms with van der Waals surface area (Å²) >= 11 is 0. The van der Waals surface area contributed by atoms with Crippen molar-refractivity contribution in [1.29, 1.82) is 0 Å². The molecule has 0 radical (unpaired) electrons. The highest BCUT2D eigenvalue weighted by molar-refractivity contribution is 14.0. The van der Waals surface area contributed by atoms with Gasteiger partial charge in [-0.3, -0.25) is 0 Å². The summed E-state index contributed by atoms with van der Waals surface area (Å²) in [7, 11) is 0. The van der Waals surface area contributed by atoms with Gasteiger partial charge in [0.1, 0.15) is 5.76 Å². The summed E-state index contributed by atoms with van der Waals surface area (Å²) < 4.78 is 5.31. The molecule has 0 aliphatic carbocycles. The predicted molar refractivity (Wildman–Crippen MR) is 90.6 cm³/mol. The number of guanidine groups is 1. The number of halogens is 1. The van der Waals surface area contributed by atoms with Crippen LogP contribution in [0, 0.1) is 0 Å². The first-order valence-corrected chi connectivity index (χ1v) is 6.86. The summed E-state index contributed by atoms with van der Waals surface area (Å²) in [6.07, 6.45) is 1.66. The minimum atomic E-state index is 0. The maximum absolute atomic E-state index is 8.83. The first-order chi connectivity index (χ1) is 9.26. The Morgan fingerprint density at radius 1 is 1.25 bits per heavy atom. The van der Waals surface area contributed by atoms with Gasteiger partial charge in [-0.15, -0.1) is 24.0 Å². The second-order valence-corrected chi connectivity index (χ2v) is 4.08. The van der Waals surface area contributed by atoms with Crippen LogP contribution in [0.5, 0.6) is 0 Å². The first-order valence-electron chi connectivity index (χ1n) is 6.86. The average molecular weight is 396 g/mol. The fraction of sp³-hybridized carbons (Fsp3) is 0.692. The highest BCUT2D eigenvalue weighted by Gasteiger charge is 2.12. The summed E-state index contributed by atoms with van der Waals surface area (Å²) in [5, 5.41) is 19.1. The van der Waals surface area contributed by atoms with E-state index in [2.05, 4.69) is 27.7 Å². The predicted octanol–water partition coefficient (Wildman–Crippen LogP) is 1.46. The van der Waals surface area contributed by atoms with E-state index < -0.39 is 0 Å². The van der Waals surface area contributed by atoms with E-state index in [1.807, 2.05) is 13.8 Å². The Morgan fingerprint density at radius 3 is 2.55 bits per heavy atom. The number of aromatic nitrogens is 1. The summed E-state index contributed by atoms with van der Waals surface area (Å²) in [5.74, 6) is 1.60. The molecule has 0 saturated heterocycles. The van der Waals surface area contributed by atoms with Crippen molar-refractivity contribution in [2.75, 3.05) is 19.7 Å². The molecule has 7 heteroatoms. The van der Waals surface area contributed by atoms with Crippen LogP contribution in [0.1, 0.15) is 37.8 Å². The van der Waals surface area contributed by atoms with Gasteiger partial charge in [0.15, 0.2) is 5.96 Å². The topological polar surface area (TPSA) is 82.7 Å². The van der Waals surface area contributed by atoms with E-state index in [0.717, 1.165) is 36.4 Å². The summed E-state index contributed by atoms with van der Waals surface area (Å²) in [4.78, 5) is 4.49.